The summed E-state index contributed by atoms with van der Waals surface area (Å²) in [7, 11) is 0. The molecule has 3 amide bonds. The second-order valence-electron chi connectivity index (χ2n) is 8.05. The molecule has 36 heavy (non-hydrogen) atoms. The molecule has 2 aliphatic heterocycles. The van der Waals surface area contributed by atoms with Crippen molar-refractivity contribution in [1.82, 2.24) is 9.80 Å². The Labute approximate surface area is 216 Å². The molecule has 2 aliphatic rings. The Morgan fingerprint density at radius 1 is 1.17 bits per heavy atom. The number of aliphatic carboxylic acids is 1. The molecule has 0 aromatic heterocycles. The van der Waals surface area contributed by atoms with E-state index < -0.39 is 23.7 Å². The Morgan fingerprint density at radius 3 is 2.64 bits per heavy atom. The zero-order chi connectivity index (χ0) is 25.8. The van der Waals surface area contributed by atoms with Gasteiger partial charge in [0.25, 0.3) is 11.1 Å². The molecule has 0 saturated carbocycles. The highest BCUT2D eigenvalue weighted by Gasteiger charge is 2.37. The lowest BCUT2D eigenvalue weighted by atomic mass is 10.00. The van der Waals surface area contributed by atoms with Crippen molar-refractivity contribution in [3.63, 3.8) is 0 Å². The first-order valence-electron chi connectivity index (χ1n) is 11.2. The summed E-state index contributed by atoms with van der Waals surface area (Å²) in [5.74, 6) is -1.77. The highest BCUT2D eigenvalue weighted by atomic mass is 35.5. The number of rotatable bonds is 8. The first-order chi connectivity index (χ1) is 17.3. The van der Waals surface area contributed by atoms with Gasteiger partial charge in [0, 0.05) is 13.1 Å². The number of carbonyl (C=O) groups excluding carboxylic acids is 3. The van der Waals surface area contributed by atoms with Crippen molar-refractivity contribution in [2.75, 3.05) is 26.3 Å². The molecule has 1 fully saturated rings. The molecule has 0 unspecified atom stereocenters. The van der Waals surface area contributed by atoms with Gasteiger partial charge in [-0.2, -0.15) is 0 Å². The number of benzene rings is 2. The highest BCUT2D eigenvalue weighted by molar-refractivity contribution is 8.18. The number of hydrogen-bond acceptors (Lipinski definition) is 7. The average molecular weight is 531 g/mol. The van der Waals surface area contributed by atoms with E-state index in [1.807, 2.05) is 24.3 Å². The van der Waals surface area contributed by atoms with Crippen LogP contribution in [0.1, 0.15) is 23.6 Å². The Hall–Kier alpha value is -3.50. The van der Waals surface area contributed by atoms with E-state index in [0.29, 0.717) is 18.7 Å². The van der Waals surface area contributed by atoms with E-state index in [0.717, 1.165) is 28.6 Å². The van der Waals surface area contributed by atoms with Crippen LogP contribution in [-0.4, -0.2) is 64.2 Å². The summed E-state index contributed by atoms with van der Waals surface area (Å²) in [6.45, 7) is 2.03. The fraction of sp³-hybridized carbons (Fsp3) is 0.280. The number of hydrogen-bond donors (Lipinski definition) is 1. The van der Waals surface area contributed by atoms with Gasteiger partial charge in [0.1, 0.15) is 6.54 Å². The fourth-order valence-corrected chi connectivity index (χ4v) is 5.05. The molecular formula is C25H23ClN2O7S. The van der Waals surface area contributed by atoms with Crippen molar-refractivity contribution >= 4 is 52.5 Å². The van der Waals surface area contributed by atoms with Crippen LogP contribution in [0, 0.1) is 0 Å². The van der Waals surface area contributed by atoms with Gasteiger partial charge in [0.15, 0.2) is 18.1 Å². The molecule has 188 valence electrons. The molecule has 2 aromatic carbocycles. The number of fused-ring (bicyclic) bond motifs is 1. The summed E-state index contributed by atoms with van der Waals surface area (Å²) in [4.78, 5) is 52.0. The maximum atomic E-state index is 13.0. The average Bonchev–Trinajstić information content (AvgIpc) is 3.10. The van der Waals surface area contributed by atoms with Gasteiger partial charge >= 0.3 is 5.97 Å². The van der Waals surface area contributed by atoms with Gasteiger partial charge in [0.05, 0.1) is 16.5 Å². The summed E-state index contributed by atoms with van der Waals surface area (Å²) in [5.41, 5.74) is 2.71. The molecule has 0 bridgehead atoms. The number of carbonyl (C=O) groups is 4. The molecular weight excluding hydrogens is 508 g/mol. The van der Waals surface area contributed by atoms with E-state index >= 15 is 0 Å². The molecule has 1 N–H and O–H groups in total. The number of imide groups is 1. The van der Waals surface area contributed by atoms with E-state index in [4.69, 9.17) is 26.2 Å². The summed E-state index contributed by atoms with van der Waals surface area (Å²) < 4.78 is 10.7. The molecule has 0 atom stereocenters. The first kappa shape index (κ1) is 25.6. The molecule has 11 heteroatoms. The molecule has 4 rings (SSSR count). The van der Waals surface area contributed by atoms with E-state index in [9.17, 15) is 19.2 Å². The van der Waals surface area contributed by atoms with Gasteiger partial charge < -0.3 is 19.5 Å². The second kappa shape index (κ2) is 11.0. The largest absolute Gasteiger partial charge is 0.490 e. The van der Waals surface area contributed by atoms with E-state index in [1.54, 1.807) is 11.8 Å². The van der Waals surface area contributed by atoms with Gasteiger partial charge in [-0.3, -0.25) is 19.3 Å². The number of thioether (sulfide) groups is 1. The van der Waals surface area contributed by atoms with Crippen molar-refractivity contribution in [3.8, 4) is 11.5 Å². The van der Waals surface area contributed by atoms with Crippen molar-refractivity contribution in [1.29, 1.82) is 0 Å². The van der Waals surface area contributed by atoms with Crippen LogP contribution in [-0.2, 0) is 27.3 Å². The summed E-state index contributed by atoms with van der Waals surface area (Å²) >= 11 is 7.01. The minimum Gasteiger partial charge on any atom is -0.490 e. The van der Waals surface area contributed by atoms with Crippen LogP contribution in [0.3, 0.4) is 0 Å². The smallest absolute Gasteiger partial charge is 0.341 e. The number of nitrogens with zero attached hydrogens (tertiary/aromatic N) is 2. The van der Waals surface area contributed by atoms with Crippen LogP contribution in [0.15, 0.2) is 41.3 Å². The molecule has 1 saturated heterocycles. The summed E-state index contributed by atoms with van der Waals surface area (Å²) in [6, 6.07) is 10.9. The van der Waals surface area contributed by atoms with Crippen molar-refractivity contribution in [2.45, 2.75) is 19.9 Å². The Balaban J connectivity index is 1.49. The normalized spacial score (nSPS) is 16.3. The third kappa shape index (κ3) is 5.66. The molecule has 0 spiro atoms. The lowest BCUT2D eigenvalue weighted by Gasteiger charge is -2.29. The number of ether oxygens (including phenoxy) is 2. The monoisotopic (exact) mass is 530 g/mol. The minimum absolute atomic E-state index is 0.0693. The maximum Gasteiger partial charge on any atom is 0.341 e. The van der Waals surface area contributed by atoms with Crippen molar-refractivity contribution in [2.24, 2.45) is 0 Å². The summed E-state index contributed by atoms with van der Waals surface area (Å²) in [6.07, 6.45) is 2.20. The Kier molecular flexibility index (Phi) is 7.85. The van der Waals surface area contributed by atoms with Crippen LogP contribution in [0.5, 0.6) is 11.5 Å². The quantitative estimate of drug-likeness (QED) is 0.512. The van der Waals surface area contributed by atoms with Gasteiger partial charge in [-0.1, -0.05) is 35.9 Å². The van der Waals surface area contributed by atoms with Crippen molar-refractivity contribution < 1.29 is 33.8 Å². The number of carboxylic acid groups (broad SMARTS) is 1. The van der Waals surface area contributed by atoms with Crippen LogP contribution >= 0.6 is 23.4 Å². The number of carboxylic acids is 1. The second-order valence-corrected chi connectivity index (χ2v) is 9.45. The molecule has 2 heterocycles. The van der Waals surface area contributed by atoms with E-state index in [2.05, 4.69) is 0 Å². The molecule has 2 aromatic rings. The number of halogens is 1. The standard InChI is InChI=1S/C25H23ClN2O7S/c1-2-34-19-10-15(9-18(26)23(19)35-14-22(30)31)11-20-24(32)28(25(33)36-20)13-21(29)27-8-7-16-5-3-4-6-17(16)12-27/h3-6,9-11H,2,7-8,12-14H2,1H3,(H,30,31)/b20-11-. The van der Waals surface area contributed by atoms with E-state index in [-0.39, 0.29) is 40.5 Å². The summed E-state index contributed by atoms with van der Waals surface area (Å²) in [5, 5.41) is 8.43. The third-order valence-electron chi connectivity index (χ3n) is 5.62. The van der Waals surface area contributed by atoms with Gasteiger partial charge in [-0.15, -0.1) is 0 Å². The SMILES string of the molecule is CCOc1cc(/C=C2\SC(=O)N(CC(=O)N3CCc4ccccc4C3)C2=O)cc(Cl)c1OCC(=O)O. The lowest BCUT2D eigenvalue weighted by Crippen LogP contribution is -2.44. The van der Waals surface area contributed by atoms with Gasteiger partial charge in [0.2, 0.25) is 5.91 Å². The zero-order valence-corrected chi connectivity index (χ0v) is 20.9. The lowest BCUT2D eigenvalue weighted by molar-refractivity contribution is -0.139. The van der Waals surface area contributed by atoms with Gasteiger partial charge in [-0.25, -0.2) is 4.79 Å². The minimum atomic E-state index is -1.17. The highest BCUT2D eigenvalue weighted by Crippen LogP contribution is 2.39. The molecule has 0 aliphatic carbocycles. The first-order valence-corrected chi connectivity index (χ1v) is 12.4. The van der Waals surface area contributed by atoms with E-state index in [1.165, 1.54) is 23.8 Å². The topological polar surface area (TPSA) is 113 Å². The Morgan fingerprint density at radius 2 is 1.92 bits per heavy atom. The predicted molar refractivity (Wildman–Crippen MR) is 134 cm³/mol. The fourth-order valence-electron chi connectivity index (χ4n) is 3.94. The van der Waals surface area contributed by atoms with Crippen LogP contribution in [0.4, 0.5) is 4.79 Å². The molecule has 9 nitrogen and oxygen atoms in total. The zero-order valence-electron chi connectivity index (χ0n) is 19.4. The van der Waals surface area contributed by atoms with Crippen molar-refractivity contribution in [3.05, 3.63) is 63.0 Å². The van der Waals surface area contributed by atoms with Gasteiger partial charge in [-0.05, 0) is 60.0 Å². The van der Waals surface area contributed by atoms with Crippen LogP contribution in [0.25, 0.3) is 6.08 Å². The van der Waals surface area contributed by atoms with Crippen LogP contribution in [0.2, 0.25) is 5.02 Å². The van der Waals surface area contributed by atoms with Crippen LogP contribution < -0.4 is 9.47 Å². The Bertz CT molecular complexity index is 1260. The third-order valence-corrected chi connectivity index (χ3v) is 6.81. The number of amides is 3. The molecule has 0 radical (unpaired) electrons. The predicted octanol–water partition coefficient (Wildman–Crippen LogP) is 3.82. The maximum absolute atomic E-state index is 13.0.